The summed E-state index contributed by atoms with van der Waals surface area (Å²) in [6, 6.07) is 8.14. The van der Waals surface area contributed by atoms with Gasteiger partial charge in [0.25, 0.3) is 5.91 Å². The topological polar surface area (TPSA) is 46.9 Å². The Hall–Kier alpha value is -1.81. The second-order valence-corrected chi connectivity index (χ2v) is 6.27. The van der Waals surface area contributed by atoms with Crippen LogP contribution in [0.5, 0.6) is 0 Å². The second kappa shape index (κ2) is 6.53. The molecule has 1 aliphatic carbocycles. The van der Waals surface area contributed by atoms with Gasteiger partial charge < -0.3 is 5.32 Å². The number of hydrogen-bond donors (Lipinski definition) is 1. The molecule has 4 nitrogen and oxygen atoms in total. The van der Waals surface area contributed by atoms with Crippen LogP contribution in [0.3, 0.4) is 0 Å². The van der Waals surface area contributed by atoms with Crippen LogP contribution in [-0.2, 0) is 0 Å². The van der Waals surface area contributed by atoms with E-state index in [2.05, 4.69) is 10.4 Å². The molecule has 1 saturated carbocycles. The summed E-state index contributed by atoms with van der Waals surface area (Å²) in [6.07, 6.45) is 7.27. The molecule has 0 atom stereocenters. The van der Waals surface area contributed by atoms with Gasteiger partial charge in [0.1, 0.15) is 5.15 Å². The van der Waals surface area contributed by atoms with E-state index in [0.29, 0.717) is 10.7 Å². The Labute approximate surface area is 135 Å². The zero-order valence-corrected chi connectivity index (χ0v) is 13.4. The van der Waals surface area contributed by atoms with E-state index >= 15 is 0 Å². The van der Waals surface area contributed by atoms with Gasteiger partial charge in [0.2, 0.25) is 0 Å². The molecular weight excluding hydrogens is 298 g/mol. The summed E-state index contributed by atoms with van der Waals surface area (Å²) in [6.45, 7) is 2.01. The molecule has 1 fully saturated rings. The SMILES string of the molecule is Cc1cccc(-n2ncc(C(=O)NC3CCCCC3)c2Cl)c1. The fraction of sp³-hybridized carbons (Fsp3) is 0.412. The lowest BCUT2D eigenvalue weighted by Gasteiger charge is -2.22. The van der Waals surface area contributed by atoms with Gasteiger partial charge in [-0.2, -0.15) is 5.10 Å². The Morgan fingerprint density at radius 3 is 2.82 bits per heavy atom. The van der Waals surface area contributed by atoms with Crippen molar-refractivity contribution in [3.05, 3.63) is 46.7 Å². The highest BCUT2D eigenvalue weighted by Gasteiger charge is 2.21. The molecule has 0 bridgehead atoms. The first kappa shape index (κ1) is 15.1. The lowest BCUT2D eigenvalue weighted by molar-refractivity contribution is 0.0928. The summed E-state index contributed by atoms with van der Waals surface area (Å²) >= 11 is 6.36. The highest BCUT2D eigenvalue weighted by Crippen LogP contribution is 2.22. The number of carbonyl (C=O) groups is 1. The summed E-state index contributed by atoms with van der Waals surface area (Å²) in [7, 11) is 0. The van der Waals surface area contributed by atoms with E-state index in [4.69, 9.17) is 11.6 Å². The van der Waals surface area contributed by atoms with Crippen LogP contribution < -0.4 is 5.32 Å². The minimum Gasteiger partial charge on any atom is -0.349 e. The molecule has 5 heteroatoms. The van der Waals surface area contributed by atoms with Gasteiger partial charge in [-0.05, 0) is 37.5 Å². The van der Waals surface area contributed by atoms with E-state index in [1.54, 1.807) is 10.9 Å². The number of nitrogens with zero attached hydrogens (tertiary/aromatic N) is 2. The minimum absolute atomic E-state index is 0.129. The van der Waals surface area contributed by atoms with E-state index in [1.807, 2.05) is 31.2 Å². The molecule has 0 spiro atoms. The maximum absolute atomic E-state index is 12.4. The Bertz CT molecular complexity index is 674. The monoisotopic (exact) mass is 317 g/mol. The maximum Gasteiger partial charge on any atom is 0.256 e. The van der Waals surface area contributed by atoms with Crippen molar-refractivity contribution in [2.75, 3.05) is 0 Å². The zero-order chi connectivity index (χ0) is 15.5. The molecule has 0 radical (unpaired) electrons. The third-order valence-corrected chi connectivity index (χ3v) is 4.51. The normalized spacial score (nSPS) is 15.7. The van der Waals surface area contributed by atoms with Crippen LogP contribution in [0.2, 0.25) is 5.15 Å². The number of halogens is 1. The van der Waals surface area contributed by atoms with E-state index in [-0.39, 0.29) is 11.9 Å². The van der Waals surface area contributed by atoms with E-state index in [9.17, 15) is 4.79 Å². The van der Waals surface area contributed by atoms with Gasteiger partial charge in [-0.1, -0.05) is 43.0 Å². The van der Waals surface area contributed by atoms with Crippen LogP contribution in [0.1, 0.15) is 48.0 Å². The standard InChI is InChI=1S/C17H20ClN3O/c1-12-6-5-9-14(10-12)21-16(18)15(11-19-21)17(22)20-13-7-3-2-4-8-13/h5-6,9-11,13H,2-4,7-8H2,1H3,(H,20,22). The first-order chi connectivity index (χ1) is 10.6. The average molecular weight is 318 g/mol. The van der Waals surface area contributed by atoms with Crippen molar-refractivity contribution in [1.29, 1.82) is 0 Å². The van der Waals surface area contributed by atoms with Gasteiger partial charge in [0, 0.05) is 6.04 Å². The number of amides is 1. The van der Waals surface area contributed by atoms with Gasteiger partial charge >= 0.3 is 0 Å². The lowest BCUT2D eigenvalue weighted by Crippen LogP contribution is -2.36. The molecule has 116 valence electrons. The molecule has 2 aromatic rings. The number of hydrogen-bond acceptors (Lipinski definition) is 2. The molecule has 0 saturated heterocycles. The molecule has 0 aliphatic heterocycles. The first-order valence-electron chi connectivity index (χ1n) is 7.76. The highest BCUT2D eigenvalue weighted by molar-refractivity contribution is 6.33. The number of benzene rings is 1. The van der Waals surface area contributed by atoms with E-state index in [0.717, 1.165) is 24.1 Å². The van der Waals surface area contributed by atoms with Crippen LogP contribution in [0, 0.1) is 6.92 Å². The maximum atomic E-state index is 12.4. The number of aryl methyl sites for hydroxylation is 1. The molecule has 3 rings (SSSR count). The molecule has 1 aromatic heterocycles. The van der Waals surface area contributed by atoms with Gasteiger partial charge in [0.15, 0.2) is 0 Å². The molecule has 1 aliphatic rings. The predicted octanol–water partition coefficient (Wildman–Crippen LogP) is 3.90. The lowest BCUT2D eigenvalue weighted by atomic mass is 9.95. The molecule has 1 aromatic carbocycles. The number of aromatic nitrogens is 2. The van der Waals surface area contributed by atoms with Crippen LogP contribution in [-0.4, -0.2) is 21.7 Å². The Morgan fingerprint density at radius 2 is 2.09 bits per heavy atom. The third-order valence-electron chi connectivity index (χ3n) is 4.14. The summed E-state index contributed by atoms with van der Waals surface area (Å²) < 4.78 is 1.60. The van der Waals surface area contributed by atoms with Gasteiger partial charge in [-0.3, -0.25) is 4.79 Å². The number of carbonyl (C=O) groups excluding carboxylic acids is 1. The molecule has 1 heterocycles. The van der Waals surface area contributed by atoms with Gasteiger partial charge in [-0.15, -0.1) is 0 Å². The van der Waals surface area contributed by atoms with Crippen LogP contribution in [0.4, 0.5) is 0 Å². The molecule has 0 unspecified atom stereocenters. The Morgan fingerprint density at radius 1 is 1.32 bits per heavy atom. The van der Waals surface area contributed by atoms with Crippen LogP contribution in [0.15, 0.2) is 30.5 Å². The molecule has 1 amide bonds. The Balaban J connectivity index is 1.79. The quantitative estimate of drug-likeness (QED) is 0.933. The zero-order valence-electron chi connectivity index (χ0n) is 12.7. The average Bonchev–Trinajstić information content (AvgIpc) is 2.90. The minimum atomic E-state index is -0.129. The van der Waals surface area contributed by atoms with E-state index in [1.165, 1.54) is 19.3 Å². The largest absolute Gasteiger partial charge is 0.349 e. The third kappa shape index (κ3) is 3.17. The number of rotatable bonds is 3. The molecule has 1 N–H and O–H groups in total. The van der Waals surface area contributed by atoms with Crippen molar-refractivity contribution < 1.29 is 4.79 Å². The summed E-state index contributed by atoms with van der Waals surface area (Å²) in [5.41, 5.74) is 2.42. The van der Waals surface area contributed by atoms with Crippen LogP contribution >= 0.6 is 11.6 Å². The summed E-state index contributed by atoms with van der Waals surface area (Å²) in [4.78, 5) is 12.4. The summed E-state index contributed by atoms with van der Waals surface area (Å²) in [5, 5.41) is 7.70. The van der Waals surface area contributed by atoms with Crippen molar-refractivity contribution in [3.8, 4) is 5.69 Å². The molecular formula is C17H20ClN3O. The molecule has 22 heavy (non-hydrogen) atoms. The van der Waals surface area contributed by atoms with Crippen LogP contribution in [0.25, 0.3) is 5.69 Å². The van der Waals surface area contributed by atoms with Crippen molar-refractivity contribution in [1.82, 2.24) is 15.1 Å². The van der Waals surface area contributed by atoms with Gasteiger partial charge in [-0.25, -0.2) is 4.68 Å². The fourth-order valence-electron chi connectivity index (χ4n) is 2.94. The summed E-state index contributed by atoms with van der Waals surface area (Å²) in [5.74, 6) is -0.129. The highest BCUT2D eigenvalue weighted by atomic mass is 35.5. The number of nitrogens with one attached hydrogen (secondary N) is 1. The van der Waals surface area contributed by atoms with Crippen molar-refractivity contribution >= 4 is 17.5 Å². The predicted molar refractivity (Wildman–Crippen MR) is 87.7 cm³/mol. The van der Waals surface area contributed by atoms with E-state index < -0.39 is 0 Å². The first-order valence-corrected chi connectivity index (χ1v) is 8.14. The van der Waals surface area contributed by atoms with Crippen molar-refractivity contribution in [3.63, 3.8) is 0 Å². The Kier molecular flexibility index (Phi) is 4.48. The second-order valence-electron chi connectivity index (χ2n) is 5.91. The van der Waals surface area contributed by atoms with Crippen molar-refractivity contribution in [2.24, 2.45) is 0 Å². The van der Waals surface area contributed by atoms with Crippen molar-refractivity contribution in [2.45, 2.75) is 45.1 Å². The van der Waals surface area contributed by atoms with Gasteiger partial charge in [0.05, 0.1) is 17.4 Å². The smallest absolute Gasteiger partial charge is 0.256 e. The fourth-order valence-corrected chi connectivity index (χ4v) is 3.21.